The molecule has 6 heteroatoms. The molecule has 2 heterocycles. The van der Waals surface area contributed by atoms with Crippen molar-refractivity contribution in [3.8, 4) is 5.75 Å². The summed E-state index contributed by atoms with van der Waals surface area (Å²) in [5.74, 6) is -0.144. The van der Waals surface area contributed by atoms with E-state index in [0.717, 1.165) is 17.7 Å². The van der Waals surface area contributed by atoms with Crippen molar-refractivity contribution < 1.29 is 19.4 Å². The molecule has 2 aliphatic heterocycles. The Kier molecular flexibility index (Phi) is 3.06. The molecule has 1 aromatic carbocycles. The molecule has 1 saturated heterocycles. The number of benzene rings is 1. The Morgan fingerprint density at radius 3 is 3.00 bits per heavy atom. The van der Waals surface area contributed by atoms with Gasteiger partial charge in [0.15, 0.2) is 11.9 Å². The summed E-state index contributed by atoms with van der Waals surface area (Å²) in [7, 11) is 0. The van der Waals surface area contributed by atoms with Crippen LogP contribution in [0.2, 0.25) is 0 Å². The molecular formula is C20H22N2O4. The van der Waals surface area contributed by atoms with Gasteiger partial charge in [0.25, 0.3) is 5.91 Å². The van der Waals surface area contributed by atoms with Crippen LogP contribution < -0.4 is 10.5 Å². The van der Waals surface area contributed by atoms with E-state index >= 15 is 0 Å². The van der Waals surface area contributed by atoms with E-state index in [0.29, 0.717) is 37.1 Å². The summed E-state index contributed by atoms with van der Waals surface area (Å²) < 4.78 is 6.09. The number of likely N-dealkylation sites (tertiary alicyclic amines) is 1. The van der Waals surface area contributed by atoms with E-state index in [1.54, 1.807) is 6.07 Å². The molecule has 0 radical (unpaired) electrons. The average molecular weight is 354 g/mol. The van der Waals surface area contributed by atoms with Crippen LogP contribution in [-0.4, -0.2) is 52.5 Å². The topological polar surface area (TPSA) is 92.9 Å². The van der Waals surface area contributed by atoms with E-state index < -0.39 is 23.0 Å². The highest BCUT2D eigenvalue weighted by molar-refractivity contribution is 5.98. The SMILES string of the molecule is C=CCN1CCC23c4c5ccc(C(N)=O)c4O[C@H]2C(=O)CC[C@@]3(O)[C@H]1C5. The van der Waals surface area contributed by atoms with Crippen LogP contribution in [0.3, 0.4) is 0 Å². The summed E-state index contributed by atoms with van der Waals surface area (Å²) in [5.41, 5.74) is 5.91. The van der Waals surface area contributed by atoms with Gasteiger partial charge in [-0.2, -0.15) is 0 Å². The molecule has 2 aliphatic carbocycles. The molecule has 4 aliphatic rings. The zero-order chi connectivity index (χ0) is 18.3. The summed E-state index contributed by atoms with van der Waals surface area (Å²) in [4.78, 5) is 26.9. The number of Topliss-reactive ketones (excluding diaryl/α,β-unsaturated/α-hetero) is 1. The van der Waals surface area contributed by atoms with Gasteiger partial charge in [-0.3, -0.25) is 14.5 Å². The molecule has 1 amide bonds. The van der Waals surface area contributed by atoms with Gasteiger partial charge in [0.2, 0.25) is 0 Å². The Hall–Kier alpha value is -2.18. The van der Waals surface area contributed by atoms with E-state index in [4.69, 9.17) is 10.5 Å². The fourth-order valence-electron chi connectivity index (χ4n) is 6.01. The minimum absolute atomic E-state index is 0.00469. The number of aliphatic hydroxyl groups is 1. The Morgan fingerprint density at radius 1 is 1.46 bits per heavy atom. The summed E-state index contributed by atoms with van der Waals surface area (Å²) in [5, 5.41) is 11.9. The van der Waals surface area contributed by atoms with Gasteiger partial charge in [-0.15, -0.1) is 6.58 Å². The zero-order valence-electron chi connectivity index (χ0n) is 14.5. The van der Waals surface area contributed by atoms with Crippen LogP contribution in [0.25, 0.3) is 0 Å². The first-order chi connectivity index (χ1) is 12.4. The van der Waals surface area contributed by atoms with E-state index in [2.05, 4.69) is 11.5 Å². The van der Waals surface area contributed by atoms with Gasteiger partial charge >= 0.3 is 0 Å². The lowest BCUT2D eigenvalue weighted by molar-refractivity contribution is -0.187. The Balaban J connectivity index is 1.80. The van der Waals surface area contributed by atoms with E-state index in [1.165, 1.54) is 0 Å². The lowest BCUT2D eigenvalue weighted by atomic mass is 9.49. The number of nitrogens with zero attached hydrogens (tertiary/aromatic N) is 1. The molecule has 1 aromatic rings. The average Bonchev–Trinajstić information content (AvgIpc) is 2.95. The molecule has 26 heavy (non-hydrogen) atoms. The maximum atomic E-state index is 12.8. The van der Waals surface area contributed by atoms with E-state index in [1.807, 2.05) is 12.1 Å². The Morgan fingerprint density at radius 2 is 2.27 bits per heavy atom. The van der Waals surface area contributed by atoms with Crippen molar-refractivity contribution in [1.82, 2.24) is 4.90 Å². The number of hydrogen-bond donors (Lipinski definition) is 2. The number of ether oxygens (including phenoxy) is 1. The highest BCUT2D eigenvalue weighted by Gasteiger charge is 2.72. The maximum Gasteiger partial charge on any atom is 0.252 e. The second kappa shape index (κ2) is 4.96. The number of carbonyl (C=O) groups is 2. The first-order valence-corrected chi connectivity index (χ1v) is 9.17. The van der Waals surface area contributed by atoms with Crippen LogP contribution in [0.1, 0.15) is 40.7 Å². The quantitative estimate of drug-likeness (QED) is 0.780. The van der Waals surface area contributed by atoms with Crippen LogP contribution in [0.5, 0.6) is 5.75 Å². The fraction of sp³-hybridized carbons (Fsp3) is 0.500. The third-order valence-corrected chi connectivity index (χ3v) is 7.02. The van der Waals surface area contributed by atoms with Crippen LogP contribution in [0.15, 0.2) is 24.8 Å². The second-order valence-corrected chi connectivity index (χ2v) is 7.95. The van der Waals surface area contributed by atoms with Crippen molar-refractivity contribution in [3.05, 3.63) is 41.5 Å². The smallest absolute Gasteiger partial charge is 0.252 e. The lowest BCUT2D eigenvalue weighted by Gasteiger charge is -2.62. The molecular weight excluding hydrogens is 332 g/mol. The van der Waals surface area contributed by atoms with Crippen molar-refractivity contribution in [3.63, 3.8) is 0 Å². The predicted molar refractivity (Wildman–Crippen MR) is 94.1 cm³/mol. The number of nitrogens with two attached hydrogens (primary N) is 1. The highest BCUT2D eigenvalue weighted by atomic mass is 16.5. The van der Waals surface area contributed by atoms with Crippen LogP contribution in [0.4, 0.5) is 0 Å². The first-order valence-electron chi connectivity index (χ1n) is 9.17. The molecule has 1 spiro atoms. The van der Waals surface area contributed by atoms with Crippen molar-refractivity contribution in [2.45, 2.75) is 48.8 Å². The Labute approximate surface area is 151 Å². The number of piperidine rings is 1. The summed E-state index contributed by atoms with van der Waals surface area (Å²) >= 11 is 0. The van der Waals surface area contributed by atoms with Gasteiger partial charge in [0, 0.05) is 31.1 Å². The van der Waals surface area contributed by atoms with Gasteiger partial charge in [-0.1, -0.05) is 12.1 Å². The fourth-order valence-corrected chi connectivity index (χ4v) is 6.01. The molecule has 5 rings (SSSR count). The molecule has 2 fully saturated rings. The van der Waals surface area contributed by atoms with Crippen molar-refractivity contribution in [2.24, 2.45) is 5.73 Å². The van der Waals surface area contributed by atoms with Crippen molar-refractivity contribution in [2.75, 3.05) is 13.1 Å². The molecule has 3 N–H and O–H groups in total. The van der Waals surface area contributed by atoms with Gasteiger partial charge in [-0.05, 0) is 30.9 Å². The number of amides is 1. The van der Waals surface area contributed by atoms with Crippen LogP contribution in [0, 0.1) is 0 Å². The van der Waals surface area contributed by atoms with Crippen molar-refractivity contribution in [1.29, 1.82) is 0 Å². The highest BCUT2D eigenvalue weighted by Crippen LogP contribution is 2.63. The first kappa shape index (κ1) is 16.0. The second-order valence-electron chi connectivity index (χ2n) is 7.95. The largest absolute Gasteiger partial charge is 0.480 e. The van der Waals surface area contributed by atoms with Crippen molar-refractivity contribution >= 4 is 11.7 Å². The van der Waals surface area contributed by atoms with Crippen LogP contribution >= 0.6 is 0 Å². The molecule has 136 valence electrons. The number of rotatable bonds is 3. The third-order valence-electron chi connectivity index (χ3n) is 7.02. The number of carbonyl (C=O) groups excluding carboxylic acids is 2. The summed E-state index contributed by atoms with van der Waals surface area (Å²) in [6.07, 6.45) is 3.11. The minimum Gasteiger partial charge on any atom is -0.480 e. The molecule has 1 saturated carbocycles. The van der Waals surface area contributed by atoms with E-state index in [-0.39, 0.29) is 18.2 Å². The monoisotopic (exact) mass is 354 g/mol. The van der Waals surface area contributed by atoms with Crippen LogP contribution in [-0.2, 0) is 16.6 Å². The lowest BCUT2D eigenvalue weighted by Crippen LogP contribution is -2.76. The number of hydrogen-bond acceptors (Lipinski definition) is 5. The van der Waals surface area contributed by atoms with Gasteiger partial charge in [-0.25, -0.2) is 0 Å². The van der Waals surface area contributed by atoms with Gasteiger partial charge < -0.3 is 15.6 Å². The Bertz CT molecular complexity index is 866. The van der Waals surface area contributed by atoms with E-state index in [9.17, 15) is 14.7 Å². The summed E-state index contributed by atoms with van der Waals surface area (Å²) in [6, 6.07) is 3.51. The normalized spacial score (nSPS) is 37.0. The zero-order valence-corrected chi connectivity index (χ0v) is 14.5. The molecule has 0 aromatic heterocycles. The molecule has 2 bridgehead atoms. The minimum atomic E-state index is -1.05. The molecule has 1 unspecified atom stereocenters. The number of primary amides is 1. The predicted octanol–water partition coefficient (Wildman–Crippen LogP) is 0.695. The third kappa shape index (κ3) is 1.60. The maximum absolute atomic E-state index is 12.8. The number of ketones is 1. The van der Waals surface area contributed by atoms with Gasteiger partial charge in [0.1, 0.15) is 5.75 Å². The molecule has 6 nitrogen and oxygen atoms in total. The summed E-state index contributed by atoms with van der Waals surface area (Å²) in [6.45, 7) is 5.30. The van der Waals surface area contributed by atoms with Gasteiger partial charge in [0.05, 0.1) is 16.6 Å². The molecule has 4 atom stereocenters. The standard InChI is InChI=1S/C20H22N2O4/c1-2-8-22-9-7-19-15-11-3-4-12(18(21)24)16(15)26-17(19)13(23)5-6-20(19,25)14(22)10-11/h2-4,14,17,25H,1,5-10H2,(H2,21,24)/t14-,17+,19?,20-/m1/s1.